The minimum absolute atomic E-state index is 0.349. The number of benzene rings is 2. The fraction of sp³-hybridized carbons (Fsp3) is 0.269. The highest BCUT2D eigenvalue weighted by Gasteiger charge is 2.17. The molecule has 1 atom stereocenters. The fourth-order valence-electron chi connectivity index (χ4n) is 3.34. The number of aromatic nitrogens is 2. The molecule has 0 aliphatic heterocycles. The van der Waals surface area contributed by atoms with Crippen LogP contribution in [0.5, 0.6) is 5.75 Å². The maximum absolute atomic E-state index is 12.2. The molecule has 0 aliphatic rings. The van der Waals surface area contributed by atoms with E-state index in [1.165, 1.54) is 13.0 Å². The lowest BCUT2D eigenvalue weighted by atomic mass is 10.1. The van der Waals surface area contributed by atoms with E-state index in [1.807, 2.05) is 61.5 Å². The van der Waals surface area contributed by atoms with E-state index in [-0.39, 0.29) is 5.91 Å². The van der Waals surface area contributed by atoms with Crippen molar-refractivity contribution < 1.29 is 19.1 Å². The first-order valence-corrected chi connectivity index (χ1v) is 11.3. The lowest BCUT2D eigenvalue weighted by molar-refractivity contribution is -0.150. The summed E-state index contributed by atoms with van der Waals surface area (Å²) in [5.41, 5.74) is 3.38. The Morgan fingerprint density at radius 2 is 1.88 bits per heavy atom. The summed E-state index contributed by atoms with van der Waals surface area (Å²) in [5.74, 6) is -0.238. The zero-order valence-electron chi connectivity index (χ0n) is 19.5. The van der Waals surface area contributed by atoms with E-state index in [9.17, 15) is 9.59 Å². The molecule has 0 radical (unpaired) electrons. The lowest BCUT2D eigenvalue weighted by Crippen LogP contribution is -2.36. The van der Waals surface area contributed by atoms with Crippen molar-refractivity contribution in [2.24, 2.45) is 0 Å². The Hall–Kier alpha value is -3.58. The molecule has 1 unspecified atom stereocenters. The van der Waals surface area contributed by atoms with Gasteiger partial charge in [0, 0.05) is 18.2 Å². The molecule has 1 aromatic heterocycles. The molecule has 8 heteroatoms. The molecule has 34 heavy (non-hydrogen) atoms. The zero-order valence-corrected chi connectivity index (χ0v) is 20.2. The van der Waals surface area contributed by atoms with Crippen molar-refractivity contribution in [1.82, 2.24) is 15.1 Å². The second-order valence-electron chi connectivity index (χ2n) is 7.74. The molecule has 7 nitrogen and oxygen atoms in total. The monoisotopic (exact) mass is 481 g/mol. The van der Waals surface area contributed by atoms with E-state index < -0.39 is 12.1 Å². The number of carbonyl (C=O) groups excluding carboxylic acids is 2. The smallest absolute Gasteiger partial charge is 0.331 e. The topological polar surface area (TPSA) is 82.5 Å². The van der Waals surface area contributed by atoms with Gasteiger partial charge in [-0.3, -0.25) is 4.79 Å². The van der Waals surface area contributed by atoms with Crippen molar-refractivity contribution in [2.75, 3.05) is 13.7 Å². The minimum atomic E-state index is -0.916. The minimum Gasteiger partial charge on any atom is -0.497 e. The van der Waals surface area contributed by atoms with Gasteiger partial charge < -0.3 is 14.8 Å². The number of amides is 1. The summed E-state index contributed by atoms with van der Waals surface area (Å²) in [4.78, 5) is 24.5. The van der Waals surface area contributed by atoms with Crippen LogP contribution in [0.1, 0.15) is 29.3 Å². The number of hydrogen-bond donors (Lipinski definition) is 1. The average molecular weight is 482 g/mol. The molecule has 0 spiro atoms. The predicted octanol–water partition coefficient (Wildman–Crippen LogP) is 4.21. The molecule has 0 saturated heterocycles. The largest absolute Gasteiger partial charge is 0.497 e. The number of rotatable bonds is 10. The lowest BCUT2D eigenvalue weighted by Gasteiger charge is -2.12. The summed E-state index contributed by atoms with van der Waals surface area (Å²) in [6.07, 6.45) is 2.58. The number of methoxy groups -OCH3 is 1. The average Bonchev–Trinajstić information content (AvgIpc) is 3.10. The Kier molecular flexibility index (Phi) is 8.87. The number of carbonyl (C=O) groups is 2. The van der Waals surface area contributed by atoms with Crippen molar-refractivity contribution >= 4 is 29.6 Å². The van der Waals surface area contributed by atoms with E-state index in [4.69, 9.17) is 21.1 Å². The predicted molar refractivity (Wildman–Crippen MR) is 132 cm³/mol. The van der Waals surface area contributed by atoms with Crippen molar-refractivity contribution in [2.45, 2.75) is 32.9 Å². The van der Waals surface area contributed by atoms with Crippen LogP contribution in [0.4, 0.5) is 0 Å². The molecular weight excluding hydrogens is 454 g/mol. The van der Waals surface area contributed by atoms with E-state index in [0.29, 0.717) is 35.9 Å². The standard InChI is InChI=1S/C26H28ClN3O4/c1-18-23(25(27)30(29-18)17-21-10-7-11-22(16-21)33-3)12-13-24(31)34-19(2)26(32)28-15-14-20-8-5-4-6-9-20/h4-13,16,19H,14-15,17H2,1-3H3,(H,28,32)/b13-12+. The van der Waals surface area contributed by atoms with Gasteiger partial charge in [0.25, 0.3) is 5.91 Å². The van der Waals surface area contributed by atoms with Crippen LogP contribution in [-0.2, 0) is 27.3 Å². The molecule has 0 aliphatic carbocycles. The van der Waals surface area contributed by atoms with Crippen LogP contribution in [0, 0.1) is 6.92 Å². The molecule has 3 aromatic rings. The maximum atomic E-state index is 12.2. The van der Waals surface area contributed by atoms with Crippen molar-refractivity contribution in [1.29, 1.82) is 0 Å². The van der Waals surface area contributed by atoms with Gasteiger partial charge in [-0.1, -0.05) is 54.1 Å². The highest BCUT2D eigenvalue weighted by molar-refractivity contribution is 6.31. The van der Waals surface area contributed by atoms with Gasteiger partial charge in [-0.05, 0) is 49.6 Å². The second-order valence-corrected chi connectivity index (χ2v) is 8.10. The van der Waals surface area contributed by atoms with Gasteiger partial charge >= 0.3 is 5.97 Å². The van der Waals surface area contributed by atoms with Crippen LogP contribution in [0.2, 0.25) is 5.15 Å². The highest BCUT2D eigenvalue weighted by Crippen LogP contribution is 2.23. The summed E-state index contributed by atoms with van der Waals surface area (Å²) >= 11 is 6.50. The summed E-state index contributed by atoms with van der Waals surface area (Å²) in [6.45, 7) is 4.26. The number of nitrogens with zero attached hydrogens (tertiary/aromatic N) is 2. The number of esters is 1. The van der Waals surface area contributed by atoms with Crippen LogP contribution in [0.3, 0.4) is 0 Å². The summed E-state index contributed by atoms with van der Waals surface area (Å²) < 4.78 is 12.1. The first kappa shape index (κ1) is 25.1. The van der Waals surface area contributed by atoms with E-state index in [0.717, 1.165) is 16.9 Å². The van der Waals surface area contributed by atoms with Gasteiger partial charge in [-0.25, -0.2) is 9.48 Å². The molecule has 1 heterocycles. The van der Waals surface area contributed by atoms with Gasteiger partial charge in [0.15, 0.2) is 6.10 Å². The van der Waals surface area contributed by atoms with Crippen molar-refractivity contribution in [3.63, 3.8) is 0 Å². The van der Waals surface area contributed by atoms with Gasteiger partial charge in [-0.15, -0.1) is 0 Å². The third kappa shape index (κ3) is 6.96. The second kappa shape index (κ2) is 12.0. The fourth-order valence-corrected chi connectivity index (χ4v) is 3.64. The Morgan fingerprint density at radius 3 is 2.62 bits per heavy atom. The Balaban J connectivity index is 1.54. The van der Waals surface area contributed by atoms with Crippen LogP contribution in [-0.4, -0.2) is 41.4 Å². The third-order valence-corrected chi connectivity index (χ3v) is 5.58. The quantitative estimate of drug-likeness (QED) is 0.346. The van der Waals surface area contributed by atoms with Crippen molar-refractivity contribution in [3.8, 4) is 5.75 Å². The molecule has 1 amide bonds. The maximum Gasteiger partial charge on any atom is 0.331 e. The van der Waals surface area contributed by atoms with Crippen LogP contribution in [0.15, 0.2) is 60.7 Å². The van der Waals surface area contributed by atoms with Crippen LogP contribution in [0.25, 0.3) is 6.08 Å². The van der Waals surface area contributed by atoms with Gasteiger partial charge in [-0.2, -0.15) is 5.10 Å². The Morgan fingerprint density at radius 1 is 1.15 bits per heavy atom. The van der Waals surface area contributed by atoms with E-state index >= 15 is 0 Å². The van der Waals surface area contributed by atoms with Crippen molar-refractivity contribution in [3.05, 3.63) is 88.2 Å². The molecule has 1 N–H and O–H groups in total. The molecule has 2 aromatic carbocycles. The number of halogens is 1. The summed E-state index contributed by atoms with van der Waals surface area (Å²) in [6, 6.07) is 17.4. The number of ether oxygens (including phenoxy) is 2. The molecule has 0 saturated carbocycles. The summed E-state index contributed by atoms with van der Waals surface area (Å²) in [5, 5.41) is 7.64. The van der Waals surface area contributed by atoms with Gasteiger partial charge in [0.05, 0.1) is 19.3 Å². The Labute approximate surface area is 204 Å². The number of aryl methyl sites for hydroxylation is 1. The number of nitrogens with one attached hydrogen (secondary N) is 1. The third-order valence-electron chi connectivity index (χ3n) is 5.18. The molecule has 3 rings (SSSR count). The molecular formula is C26H28ClN3O4. The van der Waals surface area contributed by atoms with Gasteiger partial charge in [0.2, 0.25) is 0 Å². The highest BCUT2D eigenvalue weighted by atomic mass is 35.5. The van der Waals surface area contributed by atoms with Gasteiger partial charge in [0.1, 0.15) is 10.9 Å². The van der Waals surface area contributed by atoms with E-state index in [1.54, 1.807) is 17.9 Å². The number of hydrogen-bond acceptors (Lipinski definition) is 5. The summed E-state index contributed by atoms with van der Waals surface area (Å²) in [7, 11) is 1.61. The Bertz CT molecular complexity index is 1160. The molecule has 178 valence electrons. The normalized spacial score (nSPS) is 11.9. The molecule has 0 fully saturated rings. The zero-order chi connectivity index (χ0) is 24.5. The SMILES string of the molecule is COc1cccc(Cn2nc(C)c(/C=C/C(=O)OC(C)C(=O)NCCc3ccccc3)c2Cl)c1. The van der Waals surface area contributed by atoms with Crippen LogP contribution >= 0.6 is 11.6 Å². The first-order valence-electron chi connectivity index (χ1n) is 10.9. The van der Waals surface area contributed by atoms with Crippen LogP contribution < -0.4 is 10.1 Å². The molecule has 0 bridgehead atoms. The van der Waals surface area contributed by atoms with E-state index in [2.05, 4.69) is 10.4 Å². The first-order chi connectivity index (χ1) is 16.4.